The quantitative estimate of drug-likeness (QED) is 0.181. The number of fused-ring (bicyclic) bond motifs is 4. The number of benzene rings is 2. The number of rotatable bonds is 8. The number of hydrogen-bond donors (Lipinski definition) is 1. The van der Waals surface area contributed by atoms with E-state index in [9.17, 15) is 24.0 Å². The van der Waals surface area contributed by atoms with Gasteiger partial charge < -0.3 is 19.5 Å². The molecular weight excluding hydrogens is 699 g/mol. The topological polar surface area (TPSA) is 117 Å². The molecule has 4 aliphatic rings. The SMILES string of the molecule is CC(=O)c1nc2c(F)c(-c3cccc(Cl)c3Cl)c(CCC#N)cc2c2c1cc([C@@H](C)NC(=O)C1(F)CC1)n2[C@H]1[C@@H]2C[C@H]1N(C(=O)OC(C)(C)C)C2. The summed E-state index contributed by atoms with van der Waals surface area (Å²) in [5.41, 5.74) is -0.720. The fourth-order valence-corrected chi connectivity index (χ4v) is 8.09. The molecule has 1 N–H and O–H groups in total. The minimum absolute atomic E-state index is 0.0164. The molecule has 2 aliphatic carbocycles. The molecule has 9 nitrogen and oxygen atoms in total. The van der Waals surface area contributed by atoms with Crippen molar-refractivity contribution < 1.29 is 27.9 Å². The number of hydrogen-bond acceptors (Lipinski definition) is 6. The molecule has 2 bridgehead atoms. The van der Waals surface area contributed by atoms with Crippen LogP contribution in [-0.4, -0.2) is 56.1 Å². The Morgan fingerprint density at radius 3 is 2.57 bits per heavy atom. The fraction of sp³-hybridized carbons (Fsp3) is 0.447. The zero-order valence-corrected chi connectivity index (χ0v) is 30.4. The minimum Gasteiger partial charge on any atom is -0.444 e. The minimum atomic E-state index is -1.93. The van der Waals surface area contributed by atoms with Crippen LogP contribution >= 0.6 is 23.2 Å². The number of carbonyl (C=O) groups is 3. The second-order valence-electron chi connectivity index (χ2n) is 14.9. The van der Waals surface area contributed by atoms with Crippen LogP contribution in [0.3, 0.4) is 0 Å². The number of ether oxygens (including phenoxy) is 1. The highest BCUT2D eigenvalue weighted by atomic mass is 35.5. The molecule has 2 aliphatic heterocycles. The summed E-state index contributed by atoms with van der Waals surface area (Å²) in [6.07, 6.45) is 0.776. The molecule has 4 fully saturated rings. The molecule has 0 spiro atoms. The van der Waals surface area contributed by atoms with E-state index in [1.54, 1.807) is 62.9 Å². The van der Waals surface area contributed by atoms with Crippen LogP contribution in [-0.2, 0) is 16.0 Å². The van der Waals surface area contributed by atoms with Crippen LogP contribution < -0.4 is 5.32 Å². The van der Waals surface area contributed by atoms with Crippen LogP contribution in [0.4, 0.5) is 13.6 Å². The van der Waals surface area contributed by atoms with Crippen LogP contribution in [0, 0.1) is 23.1 Å². The first kappa shape index (κ1) is 35.1. The lowest BCUT2D eigenvalue weighted by Crippen LogP contribution is -2.45. The molecule has 4 atom stereocenters. The third-order valence-corrected chi connectivity index (χ3v) is 11.1. The Bertz CT molecular complexity index is 2200. The van der Waals surface area contributed by atoms with Gasteiger partial charge in [0.25, 0.3) is 5.91 Å². The molecule has 2 aromatic heterocycles. The molecule has 13 heteroatoms. The lowest BCUT2D eigenvalue weighted by atomic mass is 9.79. The van der Waals surface area contributed by atoms with Gasteiger partial charge in [-0.3, -0.25) is 9.59 Å². The predicted molar refractivity (Wildman–Crippen MR) is 190 cm³/mol. The van der Waals surface area contributed by atoms with E-state index in [-0.39, 0.29) is 70.5 Å². The van der Waals surface area contributed by atoms with Crippen LogP contribution in [0.5, 0.6) is 0 Å². The van der Waals surface area contributed by atoms with E-state index in [0.29, 0.717) is 46.1 Å². The molecular formula is C38H37Cl2F2N5O4. The number of aryl methyl sites for hydroxylation is 1. The largest absolute Gasteiger partial charge is 0.444 e. The Morgan fingerprint density at radius 2 is 1.92 bits per heavy atom. The van der Waals surface area contributed by atoms with Crippen molar-refractivity contribution in [3.63, 3.8) is 0 Å². The van der Waals surface area contributed by atoms with Crippen molar-refractivity contribution in [2.75, 3.05) is 6.54 Å². The van der Waals surface area contributed by atoms with Gasteiger partial charge in [0.2, 0.25) is 0 Å². The first-order chi connectivity index (χ1) is 24.0. The number of pyridine rings is 1. The molecule has 4 aromatic rings. The smallest absolute Gasteiger partial charge is 0.410 e. The summed E-state index contributed by atoms with van der Waals surface area (Å²) < 4.78 is 39.8. The number of alkyl halides is 1. The Kier molecular flexibility index (Phi) is 8.58. The number of nitrogens with zero attached hydrogens (tertiary/aromatic N) is 4. The number of ketones is 1. The van der Waals surface area contributed by atoms with Gasteiger partial charge in [0.1, 0.15) is 16.8 Å². The van der Waals surface area contributed by atoms with Crippen molar-refractivity contribution in [3.05, 3.63) is 63.1 Å². The second kappa shape index (κ2) is 12.4. The predicted octanol–water partition coefficient (Wildman–Crippen LogP) is 8.82. The van der Waals surface area contributed by atoms with Crippen molar-refractivity contribution in [2.24, 2.45) is 5.92 Å². The van der Waals surface area contributed by atoms with Gasteiger partial charge >= 0.3 is 6.09 Å². The molecule has 2 saturated carbocycles. The number of nitrogens with one attached hydrogen (secondary N) is 1. The van der Waals surface area contributed by atoms with Crippen molar-refractivity contribution in [1.82, 2.24) is 19.8 Å². The molecule has 51 heavy (non-hydrogen) atoms. The maximum Gasteiger partial charge on any atom is 0.410 e. The van der Waals surface area contributed by atoms with Crippen LogP contribution in [0.25, 0.3) is 32.9 Å². The monoisotopic (exact) mass is 735 g/mol. The highest BCUT2D eigenvalue weighted by molar-refractivity contribution is 6.43. The van der Waals surface area contributed by atoms with Gasteiger partial charge in [-0.2, -0.15) is 5.26 Å². The van der Waals surface area contributed by atoms with Crippen molar-refractivity contribution in [2.45, 2.75) is 96.1 Å². The van der Waals surface area contributed by atoms with E-state index in [0.717, 1.165) is 0 Å². The molecule has 2 saturated heterocycles. The van der Waals surface area contributed by atoms with Gasteiger partial charge in [-0.1, -0.05) is 35.3 Å². The molecule has 0 radical (unpaired) electrons. The summed E-state index contributed by atoms with van der Waals surface area (Å²) in [7, 11) is 0. The summed E-state index contributed by atoms with van der Waals surface area (Å²) in [6.45, 7) is 8.90. The van der Waals surface area contributed by atoms with E-state index in [1.165, 1.54) is 6.92 Å². The number of carbonyl (C=O) groups excluding carboxylic acids is 3. The van der Waals surface area contributed by atoms with Crippen molar-refractivity contribution in [1.29, 1.82) is 5.26 Å². The van der Waals surface area contributed by atoms with Crippen LogP contribution in [0.2, 0.25) is 10.0 Å². The Balaban J connectivity index is 1.51. The number of nitriles is 1. The average molecular weight is 737 g/mol. The van der Waals surface area contributed by atoms with E-state index in [4.69, 9.17) is 27.9 Å². The normalized spacial score (nSPS) is 20.9. The van der Waals surface area contributed by atoms with Crippen LogP contribution in [0.15, 0.2) is 30.3 Å². The van der Waals surface area contributed by atoms with Gasteiger partial charge in [-0.25, -0.2) is 18.6 Å². The highest BCUT2D eigenvalue weighted by Gasteiger charge is 2.57. The lowest BCUT2D eigenvalue weighted by Gasteiger charge is -2.40. The highest BCUT2D eigenvalue weighted by Crippen LogP contribution is 2.53. The number of halogens is 4. The fourth-order valence-electron chi connectivity index (χ4n) is 7.69. The first-order valence-electron chi connectivity index (χ1n) is 17.1. The third-order valence-electron chi connectivity index (χ3n) is 10.2. The summed E-state index contributed by atoms with van der Waals surface area (Å²) in [5, 5.41) is 13.5. The Morgan fingerprint density at radius 1 is 1.20 bits per heavy atom. The Labute approximate surface area is 303 Å². The van der Waals surface area contributed by atoms with Crippen LogP contribution in [0.1, 0.15) is 94.1 Å². The standard InChI is InChI=1S/C38H37Cl2F2N5O4/c1-18(44-35(49)38(42)11-12-38)26-16-24-31(19(2)48)45-32-23(14-20(8-7-13-43)28(30(32)41)22-9-6-10-25(39)29(22)40)34(24)47(26)33-21-15-27(33)46(17-21)36(50)51-37(3,4)5/h6,9-10,14,16,18,21,27,33H,7-8,11-12,15,17H2,1-5H3,(H,44,49)/t18-,21-,27-,33+/m1/s1. The first-order valence-corrected chi connectivity index (χ1v) is 17.8. The summed E-state index contributed by atoms with van der Waals surface area (Å²) in [4.78, 5) is 46.0. The number of amides is 2. The molecule has 4 heterocycles. The van der Waals surface area contributed by atoms with Gasteiger partial charge in [-0.15, -0.1) is 0 Å². The maximum absolute atomic E-state index is 17.2. The molecule has 8 rings (SSSR count). The van der Waals surface area contributed by atoms with E-state index < -0.39 is 40.9 Å². The van der Waals surface area contributed by atoms with E-state index in [2.05, 4.69) is 16.4 Å². The van der Waals surface area contributed by atoms with Gasteiger partial charge in [0.15, 0.2) is 17.3 Å². The van der Waals surface area contributed by atoms with Gasteiger partial charge in [-0.05, 0) is 77.1 Å². The second-order valence-corrected chi connectivity index (χ2v) is 15.7. The lowest BCUT2D eigenvalue weighted by molar-refractivity contribution is -0.128. The molecule has 0 unspecified atom stereocenters. The third kappa shape index (κ3) is 5.90. The van der Waals surface area contributed by atoms with E-state index >= 15 is 4.39 Å². The molecule has 266 valence electrons. The van der Waals surface area contributed by atoms with Gasteiger partial charge in [0, 0.05) is 53.4 Å². The zero-order valence-electron chi connectivity index (χ0n) is 28.9. The average Bonchev–Trinajstić information content (AvgIpc) is 3.36. The summed E-state index contributed by atoms with van der Waals surface area (Å²) >= 11 is 13.0. The molecule has 2 aromatic carbocycles. The van der Waals surface area contributed by atoms with Gasteiger partial charge in [0.05, 0.1) is 39.8 Å². The Hall–Kier alpha value is -4.27. The summed E-state index contributed by atoms with van der Waals surface area (Å²) in [6, 6.07) is 9.19. The maximum atomic E-state index is 17.2. The van der Waals surface area contributed by atoms with Crippen molar-refractivity contribution in [3.8, 4) is 17.2 Å². The zero-order chi connectivity index (χ0) is 36.7. The number of Topliss-reactive ketones (excluding diaryl/α,β-unsaturated/α-hetero) is 1. The van der Waals surface area contributed by atoms with Crippen molar-refractivity contribution >= 4 is 62.8 Å². The molecule has 2 amide bonds. The number of aromatic nitrogens is 2. The summed E-state index contributed by atoms with van der Waals surface area (Å²) in [5.74, 6) is -1.89. The van der Waals surface area contributed by atoms with E-state index in [1.807, 2.05) is 4.57 Å².